The summed E-state index contributed by atoms with van der Waals surface area (Å²) < 4.78 is 63.7. The smallest absolute Gasteiger partial charge is 0.384 e. The molecule has 106 valence electrons. The third kappa shape index (κ3) is 2.80. The molecule has 0 aliphatic heterocycles. The molecule has 0 aliphatic rings. The van der Waals surface area contributed by atoms with Gasteiger partial charge in [0.15, 0.2) is 11.6 Å². The van der Waals surface area contributed by atoms with E-state index in [4.69, 9.17) is 0 Å². The quantitative estimate of drug-likeness (QED) is 0.826. The number of aliphatic hydroxyl groups excluding tert-OH is 1. The Hall–Kier alpha value is -1.95. The second-order valence-electron chi connectivity index (χ2n) is 4.17. The minimum atomic E-state index is -4.49. The van der Waals surface area contributed by atoms with Gasteiger partial charge in [0, 0.05) is 5.56 Å². The molecule has 0 aromatic heterocycles. The Kier molecular flexibility index (Phi) is 3.76. The molecule has 0 saturated carbocycles. The molecule has 0 radical (unpaired) electrons. The van der Waals surface area contributed by atoms with Gasteiger partial charge in [-0.3, -0.25) is 0 Å². The fourth-order valence-corrected chi connectivity index (χ4v) is 1.77. The van der Waals surface area contributed by atoms with E-state index in [2.05, 4.69) is 0 Å². The number of rotatable bonds is 2. The summed E-state index contributed by atoms with van der Waals surface area (Å²) in [5.74, 6) is -2.35. The fraction of sp³-hybridized carbons (Fsp3) is 0.143. The topological polar surface area (TPSA) is 20.2 Å². The number of hydrogen-bond acceptors (Lipinski definition) is 1. The number of halogens is 5. The van der Waals surface area contributed by atoms with Gasteiger partial charge in [-0.25, -0.2) is 8.78 Å². The van der Waals surface area contributed by atoms with Gasteiger partial charge in [-0.05, 0) is 23.8 Å². The van der Waals surface area contributed by atoms with Crippen LogP contribution in [0.4, 0.5) is 22.0 Å². The van der Waals surface area contributed by atoms with Crippen LogP contribution in [0.2, 0.25) is 0 Å². The summed E-state index contributed by atoms with van der Waals surface area (Å²) >= 11 is 0. The van der Waals surface area contributed by atoms with E-state index in [0.717, 1.165) is 30.3 Å². The molecule has 0 spiro atoms. The van der Waals surface area contributed by atoms with Crippen LogP contribution in [-0.2, 0) is 6.18 Å². The van der Waals surface area contributed by atoms with Crippen molar-refractivity contribution in [3.8, 4) is 0 Å². The summed E-state index contributed by atoms with van der Waals surface area (Å²) in [5.41, 5.74) is -1.17. The Morgan fingerprint density at radius 2 is 1.50 bits per heavy atom. The molecular formula is C14H9F5O. The van der Waals surface area contributed by atoms with Gasteiger partial charge in [-0.2, -0.15) is 13.2 Å². The first-order chi connectivity index (χ1) is 9.30. The van der Waals surface area contributed by atoms with Gasteiger partial charge in [-0.1, -0.05) is 24.3 Å². The van der Waals surface area contributed by atoms with Crippen molar-refractivity contribution in [1.82, 2.24) is 0 Å². The van der Waals surface area contributed by atoms with Gasteiger partial charge < -0.3 is 5.11 Å². The van der Waals surface area contributed by atoms with E-state index in [1.54, 1.807) is 0 Å². The Morgan fingerprint density at radius 3 is 2.05 bits per heavy atom. The lowest BCUT2D eigenvalue weighted by molar-refractivity contribution is -0.137. The SMILES string of the molecule is OC(c1ccc(C(F)(F)F)cc1)c1cccc(F)c1F. The first-order valence-corrected chi connectivity index (χ1v) is 5.60. The summed E-state index contributed by atoms with van der Waals surface area (Å²) in [4.78, 5) is 0. The summed E-state index contributed by atoms with van der Waals surface area (Å²) in [6.07, 6.45) is -6.03. The van der Waals surface area contributed by atoms with E-state index < -0.39 is 29.5 Å². The molecule has 0 saturated heterocycles. The van der Waals surface area contributed by atoms with Crippen molar-refractivity contribution in [1.29, 1.82) is 0 Å². The van der Waals surface area contributed by atoms with E-state index in [-0.39, 0.29) is 11.1 Å². The average Bonchev–Trinajstić information content (AvgIpc) is 2.40. The zero-order valence-electron chi connectivity index (χ0n) is 9.96. The predicted molar refractivity (Wildman–Crippen MR) is 61.9 cm³/mol. The summed E-state index contributed by atoms with van der Waals surface area (Å²) in [5, 5.41) is 9.90. The Bertz CT molecular complexity index is 604. The molecule has 2 aromatic rings. The summed E-state index contributed by atoms with van der Waals surface area (Å²) in [6, 6.07) is 6.86. The maximum absolute atomic E-state index is 13.5. The van der Waals surface area contributed by atoms with Crippen molar-refractivity contribution < 1.29 is 27.1 Å². The van der Waals surface area contributed by atoms with Crippen molar-refractivity contribution in [3.05, 3.63) is 70.8 Å². The molecule has 1 unspecified atom stereocenters. The number of alkyl halides is 3. The summed E-state index contributed by atoms with van der Waals surface area (Å²) in [6.45, 7) is 0. The molecule has 1 atom stereocenters. The van der Waals surface area contributed by atoms with Gasteiger partial charge in [-0.15, -0.1) is 0 Å². The van der Waals surface area contributed by atoms with Crippen LogP contribution in [0, 0.1) is 11.6 Å². The Labute approximate surface area is 111 Å². The molecule has 2 rings (SSSR count). The van der Waals surface area contributed by atoms with E-state index in [0.29, 0.717) is 0 Å². The standard InChI is InChI=1S/C14H9F5O/c15-11-3-1-2-10(12(11)16)13(20)8-4-6-9(7-5-8)14(17,18)19/h1-7,13,20H. The molecule has 0 bridgehead atoms. The Balaban J connectivity index is 2.34. The second kappa shape index (κ2) is 5.20. The zero-order chi connectivity index (χ0) is 14.9. The van der Waals surface area contributed by atoms with Crippen molar-refractivity contribution in [2.24, 2.45) is 0 Å². The first-order valence-electron chi connectivity index (χ1n) is 5.60. The number of benzene rings is 2. The fourth-order valence-electron chi connectivity index (χ4n) is 1.77. The van der Waals surface area contributed by atoms with Crippen molar-refractivity contribution in [3.63, 3.8) is 0 Å². The number of aliphatic hydroxyl groups is 1. The van der Waals surface area contributed by atoms with E-state index in [1.807, 2.05) is 0 Å². The highest BCUT2D eigenvalue weighted by Gasteiger charge is 2.30. The number of hydrogen-bond donors (Lipinski definition) is 1. The van der Waals surface area contributed by atoms with Gasteiger partial charge in [0.1, 0.15) is 6.10 Å². The lowest BCUT2D eigenvalue weighted by Gasteiger charge is -2.14. The molecule has 20 heavy (non-hydrogen) atoms. The minimum Gasteiger partial charge on any atom is -0.384 e. The molecule has 0 fully saturated rings. The van der Waals surface area contributed by atoms with Crippen molar-refractivity contribution in [2.45, 2.75) is 12.3 Å². The third-order valence-corrected chi connectivity index (χ3v) is 2.83. The molecule has 0 heterocycles. The third-order valence-electron chi connectivity index (χ3n) is 2.83. The van der Waals surface area contributed by atoms with Crippen molar-refractivity contribution in [2.75, 3.05) is 0 Å². The van der Waals surface area contributed by atoms with Crippen LogP contribution in [0.3, 0.4) is 0 Å². The highest BCUT2D eigenvalue weighted by molar-refractivity contribution is 5.33. The predicted octanol–water partition coefficient (Wildman–Crippen LogP) is 4.07. The molecule has 2 aromatic carbocycles. The highest BCUT2D eigenvalue weighted by Crippen LogP contribution is 2.31. The van der Waals surface area contributed by atoms with Gasteiger partial charge in [0.2, 0.25) is 0 Å². The normalized spacial score (nSPS) is 13.3. The zero-order valence-corrected chi connectivity index (χ0v) is 9.96. The van der Waals surface area contributed by atoms with Crippen LogP contribution in [0.5, 0.6) is 0 Å². The molecule has 6 heteroatoms. The van der Waals surface area contributed by atoms with Gasteiger partial charge in [0.25, 0.3) is 0 Å². The average molecular weight is 288 g/mol. The monoisotopic (exact) mass is 288 g/mol. The lowest BCUT2D eigenvalue weighted by atomic mass is 9.99. The van der Waals surface area contributed by atoms with Crippen molar-refractivity contribution >= 4 is 0 Å². The molecule has 1 N–H and O–H groups in total. The van der Waals surface area contributed by atoms with Crippen LogP contribution >= 0.6 is 0 Å². The van der Waals surface area contributed by atoms with Crippen LogP contribution in [0.15, 0.2) is 42.5 Å². The van der Waals surface area contributed by atoms with E-state index in [9.17, 15) is 27.1 Å². The maximum Gasteiger partial charge on any atom is 0.416 e. The Morgan fingerprint density at radius 1 is 0.900 bits per heavy atom. The van der Waals surface area contributed by atoms with Crippen LogP contribution in [0.1, 0.15) is 22.8 Å². The minimum absolute atomic E-state index is 0.0440. The lowest BCUT2D eigenvalue weighted by Crippen LogP contribution is -2.07. The molecule has 1 nitrogen and oxygen atoms in total. The molecule has 0 amide bonds. The molecule has 0 aliphatic carbocycles. The first kappa shape index (κ1) is 14.5. The van der Waals surface area contributed by atoms with Gasteiger partial charge >= 0.3 is 6.18 Å². The van der Waals surface area contributed by atoms with E-state index >= 15 is 0 Å². The van der Waals surface area contributed by atoms with Crippen LogP contribution < -0.4 is 0 Å². The van der Waals surface area contributed by atoms with Crippen LogP contribution in [0.25, 0.3) is 0 Å². The highest BCUT2D eigenvalue weighted by atomic mass is 19.4. The van der Waals surface area contributed by atoms with Crippen LogP contribution in [-0.4, -0.2) is 5.11 Å². The van der Waals surface area contributed by atoms with E-state index in [1.165, 1.54) is 12.1 Å². The second-order valence-corrected chi connectivity index (χ2v) is 4.17. The maximum atomic E-state index is 13.5. The largest absolute Gasteiger partial charge is 0.416 e. The summed E-state index contributed by atoms with van der Waals surface area (Å²) in [7, 11) is 0. The molecular weight excluding hydrogens is 279 g/mol. The van der Waals surface area contributed by atoms with Gasteiger partial charge in [0.05, 0.1) is 5.56 Å².